The molecule has 0 aromatic carbocycles. The number of hydrogen-bond acceptors (Lipinski definition) is 1. The van der Waals surface area contributed by atoms with Gasteiger partial charge >= 0.3 is 0 Å². The Balaban J connectivity index is 0.000000791. The lowest BCUT2D eigenvalue weighted by Crippen LogP contribution is -2.22. The molecule has 0 atom stereocenters. The minimum Gasteiger partial charge on any atom is -0.355 e. The van der Waals surface area contributed by atoms with Gasteiger partial charge in [-0.15, -0.1) is 0 Å². The van der Waals surface area contributed by atoms with Crippen LogP contribution in [0.1, 0.15) is 26.7 Å². The molecule has 1 aliphatic rings. The van der Waals surface area contributed by atoms with E-state index in [1.807, 2.05) is 13.8 Å². The molecule has 1 N–H and O–H groups in total. The summed E-state index contributed by atoms with van der Waals surface area (Å²) >= 11 is 0. The van der Waals surface area contributed by atoms with E-state index in [1.54, 1.807) is 0 Å². The normalized spacial score (nSPS) is 15.4. The number of amides is 1. The summed E-state index contributed by atoms with van der Waals surface area (Å²) < 4.78 is 25.7. The molecule has 0 aliphatic heterocycles. The van der Waals surface area contributed by atoms with Crippen molar-refractivity contribution in [2.45, 2.75) is 26.7 Å². The summed E-state index contributed by atoms with van der Waals surface area (Å²) in [5.74, 6) is -2.14. The van der Waals surface area contributed by atoms with Gasteiger partial charge in [0.25, 0.3) is 5.91 Å². The Morgan fingerprint density at radius 2 is 2.00 bits per heavy atom. The van der Waals surface area contributed by atoms with Crippen LogP contribution < -0.4 is 5.32 Å². The lowest BCUT2D eigenvalue weighted by Gasteiger charge is -2.09. The molecule has 14 heavy (non-hydrogen) atoms. The summed E-state index contributed by atoms with van der Waals surface area (Å²) in [5, 5.41) is 2.18. The van der Waals surface area contributed by atoms with Crippen LogP contribution in [0.3, 0.4) is 0 Å². The summed E-state index contributed by atoms with van der Waals surface area (Å²) in [6.07, 6.45) is 1.64. The standard InChI is InChI=1S/C8H9F2NO.C2H6/c1-11-8(12)7-5(9)3-2-4-6(7)10;1-2/h3H,2,4H2,1H3,(H,11,12);1-2H3. The molecule has 2 nitrogen and oxygen atoms in total. The van der Waals surface area contributed by atoms with Gasteiger partial charge < -0.3 is 5.32 Å². The van der Waals surface area contributed by atoms with Gasteiger partial charge in [0.1, 0.15) is 17.2 Å². The Kier molecular flexibility index (Phi) is 5.76. The van der Waals surface area contributed by atoms with Crippen LogP contribution in [0.25, 0.3) is 0 Å². The molecule has 4 heteroatoms. The summed E-state index contributed by atoms with van der Waals surface area (Å²) in [4.78, 5) is 10.9. The molecular formula is C10H15F2NO. The van der Waals surface area contributed by atoms with E-state index in [0.29, 0.717) is 6.42 Å². The maximum atomic E-state index is 12.9. The zero-order valence-corrected chi connectivity index (χ0v) is 8.66. The first-order valence-corrected chi connectivity index (χ1v) is 4.63. The fourth-order valence-corrected chi connectivity index (χ4v) is 1.04. The van der Waals surface area contributed by atoms with Crippen LogP contribution in [-0.4, -0.2) is 13.0 Å². The van der Waals surface area contributed by atoms with Crippen LogP contribution >= 0.6 is 0 Å². The third kappa shape index (κ3) is 2.94. The van der Waals surface area contributed by atoms with Gasteiger partial charge in [-0.3, -0.25) is 4.79 Å². The number of carbonyl (C=O) groups is 1. The van der Waals surface area contributed by atoms with E-state index >= 15 is 0 Å². The third-order valence-electron chi connectivity index (χ3n) is 1.65. The molecular weight excluding hydrogens is 188 g/mol. The van der Waals surface area contributed by atoms with E-state index in [4.69, 9.17) is 0 Å². The number of nitrogens with one attached hydrogen (secondary N) is 1. The zero-order chi connectivity index (χ0) is 11.1. The quantitative estimate of drug-likeness (QED) is 0.697. The highest BCUT2D eigenvalue weighted by atomic mass is 19.1. The SMILES string of the molecule is CC.CNC(=O)C1=C(F)CCC=C1F. The lowest BCUT2D eigenvalue weighted by atomic mass is 10.0. The molecule has 0 fully saturated rings. The Morgan fingerprint density at radius 1 is 1.43 bits per heavy atom. The predicted octanol–water partition coefficient (Wildman–Crippen LogP) is 2.63. The largest absolute Gasteiger partial charge is 0.355 e. The van der Waals surface area contributed by atoms with Crippen LogP contribution in [0.2, 0.25) is 0 Å². The third-order valence-corrected chi connectivity index (χ3v) is 1.65. The van der Waals surface area contributed by atoms with Crippen molar-refractivity contribution in [3.8, 4) is 0 Å². The van der Waals surface area contributed by atoms with Gasteiger partial charge in [0, 0.05) is 13.5 Å². The molecule has 0 spiro atoms. The van der Waals surface area contributed by atoms with Gasteiger partial charge in [-0.25, -0.2) is 8.78 Å². The topological polar surface area (TPSA) is 29.1 Å². The molecule has 0 radical (unpaired) electrons. The Hall–Kier alpha value is -1.19. The molecule has 0 saturated carbocycles. The molecule has 0 saturated heterocycles. The van der Waals surface area contributed by atoms with Crippen molar-refractivity contribution in [2.24, 2.45) is 0 Å². The van der Waals surface area contributed by atoms with E-state index < -0.39 is 23.1 Å². The first-order chi connectivity index (χ1) is 6.66. The van der Waals surface area contributed by atoms with Gasteiger partial charge in [0.05, 0.1) is 0 Å². The first kappa shape index (κ1) is 12.8. The molecule has 1 aliphatic carbocycles. The molecule has 0 aromatic rings. The van der Waals surface area contributed by atoms with Gasteiger partial charge in [-0.2, -0.15) is 0 Å². The minimum atomic E-state index is -0.766. The summed E-state index contributed by atoms with van der Waals surface area (Å²) in [6, 6.07) is 0. The molecule has 0 unspecified atom stereocenters. The fraction of sp³-hybridized carbons (Fsp3) is 0.500. The molecule has 0 heterocycles. The van der Waals surface area contributed by atoms with Crippen molar-refractivity contribution < 1.29 is 13.6 Å². The average molecular weight is 203 g/mol. The molecule has 1 rings (SSSR count). The Morgan fingerprint density at radius 3 is 2.43 bits per heavy atom. The van der Waals surface area contributed by atoms with E-state index in [2.05, 4.69) is 5.32 Å². The number of hydrogen-bond donors (Lipinski definition) is 1. The van der Waals surface area contributed by atoms with Crippen LogP contribution in [0.4, 0.5) is 8.78 Å². The van der Waals surface area contributed by atoms with E-state index in [1.165, 1.54) is 13.1 Å². The second-order valence-corrected chi connectivity index (χ2v) is 2.45. The molecule has 80 valence electrons. The molecule has 0 bridgehead atoms. The van der Waals surface area contributed by atoms with Crippen molar-refractivity contribution in [1.82, 2.24) is 5.32 Å². The van der Waals surface area contributed by atoms with Crippen molar-refractivity contribution in [1.29, 1.82) is 0 Å². The Labute approximate surface area is 82.7 Å². The highest BCUT2D eigenvalue weighted by Crippen LogP contribution is 2.26. The first-order valence-electron chi connectivity index (χ1n) is 4.63. The second kappa shape index (κ2) is 6.29. The summed E-state index contributed by atoms with van der Waals surface area (Å²) in [5.41, 5.74) is -0.455. The predicted molar refractivity (Wildman–Crippen MR) is 52.0 cm³/mol. The number of rotatable bonds is 1. The Bertz CT molecular complexity index is 269. The van der Waals surface area contributed by atoms with Crippen LogP contribution in [0, 0.1) is 0 Å². The van der Waals surface area contributed by atoms with Gasteiger partial charge in [0.15, 0.2) is 0 Å². The van der Waals surface area contributed by atoms with Crippen molar-refractivity contribution >= 4 is 5.91 Å². The lowest BCUT2D eigenvalue weighted by molar-refractivity contribution is -0.117. The second-order valence-electron chi connectivity index (χ2n) is 2.45. The fourth-order valence-electron chi connectivity index (χ4n) is 1.04. The van der Waals surface area contributed by atoms with Gasteiger partial charge in [-0.05, 0) is 12.5 Å². The number of likely N-dealkylation sites (N-methyl/N-ethyl adjacent to an activating group) is 1. The zero-order valence-electron chi connectivity index (χ0n) is 8.66. The van der Waals surface area contributed by atoms with Gasteiger partial charge in [0.2, 0.25) is 0 Å². The van der Waals surface area contributed by atoms with Crippen molar-refractivity contribution in [3.63, 3.8) is 0 Å². The van der Waals surface area contributed by atoms with Crippen molar-refractivity contribution in [2.75, 3.05) is 7.05 Å². The number of halogens is 2. The summed E-state index contributed by atoms with van der Waals surface area (Å²) in [7, 11) is 1.34. The highest BCUT2D eigenvalue weighted by Gasteiger charge is 2.21. The van der Waals surface area contributed by atoms with Gasteiger partial charge in [-0.1, -0.05) is 13.8 Å². The monoisotopic (exact) mass is 203 g/mol. The average Bonchev–Trinajstić information content (AvgIpc) is 2.20. The molecule has 1 amide bonds. The molecule has 0 aromatic heterocycles. The smallest absolute Gasteiger partial charge is 0.256 e. The summed E-state index contributed by atoms with van der Waals surface area (Å²) in [6.45, 7) is 4.00. The van der Waals surface area contributed by atoms with Crippen LogP contribution in [-0.2, 0) is 4.79 Å². The maximum absolute atomic E-state index is 12.9. The van der Waals surface area contributed by atoms with Crippen LogP contribution in [0.15, 0.2) is 23.3 Å². The van der Waals surface area contributed by atoms with E-state index in [0.717, 1.165) is 0 Å². The van der Waals surface area contributed by atoms with E-state index in [-0.39, 0.29) is 6.42 Å². The number of allylic oxidation sites excluding steroid dienone is 2. The highest BCUT2D eigenvalue weighted by molar-refractivity contribution is 5.97. The minimum absolute atomic E-state index is 0.107. The van der Waals surface area contributed by atoms with Crippen LogP contribution in [0.5, 0.6) is 0 Å². The van der Waals surface area contributed by atoms with E-state index in [9.17, 15) is 13.6 Å². The maximum Gasteiger partial charge on any atom is 0.256 e. The number of carbonyl (C=O) groups excluding carboxylic acids is 1. The van der Waals surface area contributed by atoms with Crippen molar-refractivity contribution in [3.05, 3.63) is 23.3 Å².